The summed E-state index contributed by atoms with van der Waals surface area (Å²) >= 11 is 0. The molecule has 7 heteroatoms. The van der Waals surface area contributed by atoms with Crippen molar-refractivity contribution in [3.05, 3.63) is 11.4 Å². The lowest BCUT2D eigenvalue weighted by atomic mass is 9.65. The maximum atomic E-state index is 12.4. The standard InChI is InChI=1S/C16H19N5O2/c17-9-12-14(21-5-7-23-8-6-21)20-15(19)16(12,10-18)11-3-1-2-4-13(11)22/h11H,1-8H2,(H2,19,20). The molecular weight excluding hydrogens is 294 g/mol. The number of ether oxygens (including phenoxy) is 1. The summed E-state index contributed by atoms with van der Waals surface area (Å²) in [5.74, 6) is -0.0448. The highest BCUT2D eigenvalue weighted by atomic mass is 16.5. The Morgan fingerprint density at radius 2 is 2.04 bits per heavy atom. The molecule has 2 aliphatic heterocycles. The van der Waals surface area contributed by atoms with Gasteiger partial charge in [-0.1, -0.05) is 6.42 Å². The van der Waals surface area contributed by atoms with E-state index in [4.69, 9.17) is 10.5 Å². The minimum atomic E-state index is -1.40. The monoisotopic (exact) mass is 313 g/mol. The first-order chi connectivity index (χ1) is 11.1. The lowest BCUT2D eigenvalue weighted by Gasteiger charge is -2.33. The molecule has 1 saturated heterocycles. The topological polar surface area (TPSA) is 116 Å². The molecule has 0 aromatic carbocycles. The normalized spacial score (nSPS) is 31.6. The second-order valence-corrected chi connectivity index (χ2v) is 6.09. The first kappa shape index (κ1) is 15.5. The van der Waals surface area contributed by atoms with Crippen LogP contribution in [0.2, 0.25) is 0 Å². The van der Waals surface area contributed by atoms with E-state index in [2.05, 4.69) is 17.1 Å². The van der Waals surface area contributed by atoms with Crippen LogP contribution < -0.4 is 5.73 Å². The largest absolute Gasteiger partial charge is 0.385 e. The van der Waals surface area contributed by atoms with Crippen LogP contribution in [0, 0.1) is 34.0 Å². The Kier molecular flexibility index (Phi) is 4.06. The summed E-state index contributed by atoms with van der Waals surface area (Å²) in [4.78, 5) is 18.7. The predicted octanol–water partition coefficient (Wildman–Crippen LogP) is 0.694. The molecular formula is C16H19N5O2. The van der Waals surface area contributed by atoms with Gasteiger partial charge in [0.1, 0.15) is 29.1 Å². The van der Waals surface area contributed by atoms with Gasteiger partial charge in [0.2, 0.25) is 0 Å². The van der Waals surface area contributed by atoms with Crippen LogP contribution >= 0.6 is 0 Å². The third-order valence-electron chi connectivity index (χ3n) is 4.92. The van der Waals surface area contributed by atoms with Gasteiger partial charge >= 0.3 is 0 Å². The van der Waals surface area contributed by atoms with Crippen molar-refractivity contribution in [2.45, 2.75) is 25.7 Å². The van der Waals surface area contributed by atoms with Gasteiger partial charge in [-0.05, 0) is 12.8 Å². The van der Waals surface area contributed by atoms with Crippen molar-refractivity contribution in [1.29, 1.82) is 10.5 Å². The predicted molar refractivity (Wildman–Crippen MR) is 81.7 cm³/mol. The van der Waals surface area contributed by atoms with E-state index in [1.54, 1.807) is 0 Å². The van der Waals surface area contributed by atoms with Crippen LogP contribution in [0.4, 0.5) is 0 Å². The van der Waals surface area contributed by atoms with E-state index in [-0.39, 0.29) is 17.2 Å². The van der Waals surface area contributed by atoms with E-state index < -0.39 is 11.3 Å². The molecule has 2 fully saturated rings. The zero-order valence-electron chi connectivity index (χ0n) is 12.9. The van der Waals surface area contributed by atoms with Gasteiger partial charge in [0, 0.05) is 25.4 Å². The molecule has 0 aromatic heterocycles. The second-order valence-electron chi connectivity index (χ2n) is 6.09. The lowest BCUT2D eigenvalue weighted by molar-refractivity contribution is -0.126. The number of carbonyl (C=O) groups excluding carboxylic acids is 1. The second kappa shape index (κ2) is 6.02. The van der Waals surface area contributed by atoms with Crippen LogP contribution in [0.25, 0.3) is 0 Å². The lowest BCUT2D eigenvalue weighted by Crippen LogP contribution is -2.46. The van der Waals surface area contributed by atoms with Gasteiger partial charge in [0.05, 0.1) is 19.3 Å². The van der Waals surface area contributed by atoms with Crippen LogP contribution in [0.1, 0.15) is 25.7 Å². The van der Waals surface area contributed by atoms with Gasteiger partial charge in [-0.25, -0.2) is 4.99 Å². The maximum absolute atomic E-state index is 12.4. The number of ketones is 1. The Bertz CT molecular complexity index is 663. The minimum absolute atomic E-state index is 0.00641. The average molecular weight is 313 g/mol. The number of hydrogen-bond donors (Lipinski definition) is 1. The Morgan fingerprint density at radius 1 is 1.30 bits per heavy atom. The molecule has 0 amide bonds. The van der Waals surface area contributed by atoms with E-state index in [0.29, 0.717) is 45.0 Å². The number of carbonyl (C=O) groups is 1. The summed E-state index contributed by atoms with van der Waals surface area (Å²) in [6.45, 7) is 2.27. The molecule has 23 heavy (non-hydrogen) atoms. The smallest absolute Gasteiger partial charge is 0.162 e. The summed E-state index contributed by atoms with van der Waals surface area (Å²) < 4.78 is 5.32. The summed E-state index contributed by atoms with van der Waals surface area (Å²) in [5, 5.41) is 19.6. The highest BCUT2D eigenvalue weighted by Gasteiger charge is 2.55. The van der Waals surface area contributed by atoms with E-state index in [9.17, 15) is 15.3 Å². The van der Waals surface area contributed by atoms with E-state index in [1.165, 1.54) is 0 Å². The average Bonchev–Trinajstić information content (AvgIpc) is 2.88. The number of hydrogen-bond acceptors (Lipinski definition) is 7. The molecule has 3 aliphatic rings. The summed E-state index contributed by atoms with van der Waals surface area (Å²) in [6, 6.07) is 4.31. The van der Waals surface area contributed by atoms with Gasteiger partial charge in [-0.3, -0.25) is 4.79 Å². The van der Waals surface area contributed by atoms with Crippen LogP contribution in [-0.4, -0.2) is 42.8 Å². The van der Waals surface area contributed by atoms with Crippen LogP contribution in [0.5, 0.6) is 0 Å². The van der Waals surface area contributed by atoms with Crippen LogP contribution in [-0.2, 0) is 9.53 Å². The van der Waals surface area contributed by atoms with Crippen molar-refractivity contribution in [2.24, 2.45) is 22.1 Å². The van der Waals surface area contributed by atoms with Crippen LogP contribution in [0.3, 0.4) is 0 Å². The molecule has 2 N–H and O–H groups in total. The van der Waals surface area contributed by atoms with E-state index in [0.717, 1.165) is 12.8 Å². The van der Waals surface area contributed by atoms with Crippen molar-refractivity contribution >= 4 is 11.6 Å². The molecule has 0 spiro atoms. The number of amidine groups is 1. The summed E-state index contributed by atoms with van der Waals surface area (Å²) in [7, 11) is 0. The van der Waals surface area contributed by atoms with Gasteiger partial charge in [-0.15, -0.1) is 0 Å². The fraction of sp³-hybridized carbons (Fsp3) is 0.625. The fourth-order valence-corrected chi connectivity index (χ4v) is 3.69. The maximum Gasteiger partial charge on any atom is 0.162 e. The van der Waals surface area contributed by atoms with Crippen LogP contribution in [0.15, 0.2) is 16.4 Å². The molecule has 0 aromatic rings. The Balaban J connectivity index is 2.07. The van der Waals surface area contributed by atoms with Crippen molar-refractivity contribution in [3.63, 3.8) is 0 Å². The van der Waals surface area contributed by atoms with Crippen molar-refractivity contribution in [3.8, 4) is 12.1 Å². The first-order valence-corrected chi connectivity index (χ1v) is 7.91. The Labute approximate surface area is 135 Å². The van der Waals surface area contributed by atoms with Gasteiger partial charge in [-0.2, -0.15) is 10.5 Å². The summed E-state index contributed by atoms with van der Waals surface area (Å²) in [6.07, 6.45) is 2.70. The molecule has 1 saturated carbocycles. The van der Waals surface area contributed by atoms with Crippen molar-refractivity contribution in [1.82, 2.24) is 4.90 Å². The first-order valence-electron chi connectivity index (χ1n) is 7.91. The molecule has 2 unspecified atom stereocenters. The fourth-order valence-electron chi connectivity index (χ4n) is 3.69. The third-order valence-corrected chi connectivity index (χ3v) is 4.92. The zero-order chi connectivity index (χ0) is 16.4. The Morgan fingerprint density at radius 3 is 2.65 bits per heavy atom. The number of nitrogens with zero attached hydrogens (tertiary/aromatic N) is 4. The number of rotatable bonds is 2. The SMILES string of the molecule is N#CC1=C(N2CCOCC2)N=C(N)C1(C#N)C1CCCCC1=O. The van der Waals surface area contributed by atoms with Crippen molar-refractivity contribution in [2.75, 3.05) is 26.3 Å². The molecule has 3 rings (SSSR count). The number of nitrogens with two attached hydrogens (primary N) is 1. The molecule has 0 radical (unpaired) electrons. The number of aliphatic imine (C=N–C) groups is 1. The molecule has 7 nitrogen and oxygen atoms in total. The van der Waals surface area contributed by atoms with Gasteiger partial charge < -0.3 is 15.4 Å². The quantitative estimate of drug-likeness (QED) is 0.802. The molecule has 2 heterocycles. The molecule has 1 aliphatic carbocycles. The highest BCUT2D eigenvalue weighted by Crippen LogP contribution is 2.47. The Hall–Kier alpha value is -2.38. The van der Waals surface area contributed by atoms with Gasteiger partial charge in [0.25, 0.3) is 0 Å². The van der Waals surface area contributed by atoms with Gasteiger partial charge in [0.15, 0.2) is 5.41 Å². The number of nitriles is 2. The molecule has 2 atom stereocenters. The highest BCUT2D eigenvalue weighted by molar-refractivity contribution is 6.02. The number of Topliss-reactive ketones (excluding diaryl/α,β-unsaturated/α-hetero) is 1. The van der Waals surface area contributed by atoms with Crippen molar-refractivity contribution < 1.29 is 9.53 Å². The number of morpholine rings is 1. The van der Waals surface area contributed by atoms with E-state index >= 15 is 0 Å². The zero-order valence-corrected chi connectivity index (χ0v) is 12.9. The van der Waals surface area contributed by atoms with E-state index in [1.807, 2.05) is 4.90 Å². The minimum Gasteiger partial charge on any atom is -0.385 e. The molecule has 120 valence electrons. The summed E-state index contributed by atoms with van der Waals surface area (Å²) in [5.41, 5.74) is 4.92. The molecule has 0 bridgehead atoms. The third kappa shape index (κ3) is 2.29.